The minimum absolute atomic E-state index is 0.295. The van der Waals surface area contributed by atoms with E-state index in [-0.39, 0.29) is 5.82 Å². The smallest absolute Gasteiger partial charge is 0.341 e. The normalized spacial score (nSPS) is 10.4. The predicted octanol–water partition coefficient (Wildman–Crippen LogP) is 1.83. The predicted molar refractivity (Wildman–Crippen MR) is 68.1 cm³/mol. The van der Waals surface area contributed by atoms with Gasteiger partial charge in [0.05, 0.1) is 24.9 Å². The number of anilines is 1. The van der Waals surface area contributed by atoms with Crippen LogP contribution in [-0.4, -0.2) is 22.4 Å². The number of nitrogen functional groups attached to an aromatic ring is 1. The molecule has 0 saturated heterocycles. The highest BCUT2D eigenvalue weighted by atomic mass is 19.1. The van der Waals surface area contributed by atoms with Crippen molar-refractivity contribution in [3.63, 3.8) is 0 Å². The van der Waals surface area contributed by atoms with Crippen LogP contribution in [0.4, 0.5) is 10.1 Å². The molecule has 0 spiro atoms. The van der Waals surface area contributed by atoms with E-state index >= 15 is 0 Å². The first-order chi connectivity index (χ1) is 9.10. The molecule has 5 nitrogen and oxygen atoms in total. The molecular formula is C13H14FN3O2. The maximum Gasteiger partial charge on any atom is 0.341 e. The quantitative estimate of drug-likeness (QED) is 0.675. The summed E-state index contributed by atoms with van der Waals surface area (Å²) in [6.45, 7) is 2.33. The van der Waals surface area contributed by atoms with Gasteiger partial charge in [-0.25, -0.2) is 9.18 Å². The average molecular weight is 263 g/mol. The van der Waals surface area contributed by atoms with Crippen molar-refractivity contribution in [3.05, 3.63) is 47.5 Å². The fourth-order valence-corrected chi connectivity index (χ4v) is 1.66. The molecule has 0 aliphatic carbocycles. The molecule has 1 heterocycles. The Kier molecular flexibility index (Phi) is 3.79. The molecule has 0 atom stereocenters. The van der Waals surface area contributed by atoms with Gasteiger partial charge in [-0.1, -0.05) is 0 Å². The summed E-state index contributed by atoms with van der Waals surface area (Å²) < 4.78 is 19.5. The van der Waals surface area contributed by atoms with Gasteiger partial charge in [0, 0.05) is 11.9 Å². The van der Waals surface area contributed by atoms with Crippen LogP contribution in [0.1, 0.15) is 22.8 Å². The molecule has 0 unspecified atom stereocenters. The number of aromatic nitrogens is 2. The van der Waals surface area contributed by atoms with Gasteiger partial charge in [0.25, 0.3) is 0 Å². The lowest BCUT2D eigenvalue weighted by molar-refractivity contribution is 0.0526. The molecule has 0 aliphatic rings. The van der Waals surface area contributed by atoms with Crippen LogP contribution in [0.5, 0.6) is 0 Å². The first-order valence-corrected chi connectivity index (χ1v) is 5.83. The van der Waals surface area contributed by atoms with Crippen LogP contribution in [0.2, 0.25) is 0 Å². The first kappa shape index (κ1) is 13.1. The second kappa shape index (κ2) is 5.51. The van der Waals surface area contributed by atoms with E-state index < -0.39 is 5.97 Å². The summed E-state index contributed by atoms with van der Waals surface area (Å²) in [5.41, 5.74) is 7.20. The number of benzene rings is 1. The molecule has 2 N–H and O–H groups in total. The van der Waals surface area contributed by atoms with E-state index in [9.17, 15) is 9.18 Å². The number of hydrogen-bond acceptors (Lipinski definition) is 4. The molecule has 1 aromatic heterocycles. The highest BCUT2D eigenvalue weighted by Crippen LogP contribution is 2.15. The lowest BCUT2D eigenvalue weighted by Gasteiger charge is -2.05. The maximum atomic E-state index is 13.1. The number of nitrogens with two attached hydrogens (primary N) is 1. The zero-order chi connectivity index (χ0) is 13.8. The molecule has 0 aliphatic heterocycles. The number of carbonyl (C=O) groups is 1. The standard InChI is InChI=1S/C13H14FN3O2/c1-2-19-13(18)10-6-16-17(8-10)7-9-5-11(14)3-4-12(9)15/h3-6,8H,2,7,15H2,1H3. The molecular weight excluding hydrogens is 249 g/mol. The Bertz CT molecular complexity index is 595. The topological polar surface area (TPSA) is 70.1 Å². The van der Waals surface area contributed by atoms with Crippen LogP contribution >= 0.6 is 0 Å². The number of halogens is 1. The Morgan fingerprint density at radius 3 is 3.05 bits per heavy atom. The van der Waals surface area contributed by atoms with E-state index in [1.165, 1.54) is 29.1 Å². The van der Waals surface area contributed by atoms with Crippen LogP contribution in [0.15, 0.2) is 30.6 Å². The SMILES string of the molecule is CCOC(=O)c1cnn(Cc2cc(F)ccc2N)c1. The molecule has 0 radical (unpaired) electrons. The van der Waals surface area contributed by atoms with E-state index in [1.54, 1.807) is 13.1 Å². The van der Waals surface area contributed by atoms with Crippen molar-refractivity contribution in [2.45, 2.75) is 13.5 Å². The van der Waals surface area contributed by atoms with Crippen molar-refractivity contribution in [1.82, 2.24) is 9.78 Å². The van der Waals surface area contributed by atoms with E-state index in [1.807, 2.05) is 0 Å². The summed E-state index contributed by atoms with van der Waals surface area (Å²) in [4.78, 5) is 11.5. The Morgan fingerprint density at radius 2 is 2.32 bits per heavy atom. The molecule has 0 fully saturated rings. The van der Waals surface area contributed by atoms with E-state index in [2.05, 4.69) is 5.10 Å². The summed E-state index contributed by atoms with van der Waals surface area (Å²) in [5, 5.41) is 4.02. The zero-order valence-electron chi connectivity index (χ0n) is 10.5. The zero-order valence-corrected chi connectivity index (χ0v) is 10.5. The molecule has 100 valence electrons. The lowest BCUT2D eigenvalue weighted by Crippen LogP contribution is -2.05. The van der Waals surface area contributed by atoms with Gasteiger partial charge in [-0.15, -0.1) is 0 Å². The summed E-state index contributed by atoms with van der Waals surface area (Å²) >= 11 is 0. The maximum absolute atomic E-state index is 13.1. The van der Waals surface area contributed by atoms with Gasteiger partial charge in [0.1, 0.15) is 5.82 Å². The number of nitrogens with zero attached hydrogens (tertiary/aromatic N) is 2. The van der Waals surface area contributed by atoms with Gasteiger partial charge < -0.3 is 10.5 Å². The Labute approximate surface area is 109 Å². The van der Waals surface area contributed by atoms with Crippen molar-refractivity contribution in [2.24, 2.45) is 0 Å². The van der Waals surface area contributed by atoms with Gasteiger partial charge >= 0.3 is 5.97 Å². The van der Waals surface area contributed by atoms with Crippen molar-refractivity contribution in [2.75, 3.05) is 12.3 Å². The molecule has 2 rings (SSSR count). The van der Waals surface area contributed by atoms with Crippen LogP contribution in [-0.2, 0) is 11.3 Å². The molecule has 0 saturated carbocycles. The second-order valence-corrected chi connectivity index (χ2v) is 3.99. The third kappa shape index (κ3) is 3.09. The van der Waals surface area contributed by atoms with Crippen LogP contribution in [0.3, 0.4) is 0 Å². The Hall–Kier alpha value is -2.37. The van der Waals surface area contributed by atoms with E-state index in [0.29, 0.717) is 30.0 Å². The van der Waals surface area contributed by atoms with Gasteiger partial charge in [-0.3, -0.25) is 4.68 Å². The van der Waals surface area contributed by atoms with Crippen molar-refractivity contribution >= 4 is 11.7 Å². The summed E-state index contributed by atoms with van der Waals surface area (Å²) in [6.07, 6.45) is 2.95. The minimum atomic E-state index is -0.430. The van der Waals surface area contributed by atoms with E-state index in [4.69, 9.17) is 10.5 Å². The highest BCUT2D eigenvalue weighted by molar-refractivity contribution is 5.88. The Morgan fingerprint density at radius 1 is 1.53 bits per heavy atom. The number of rotatable bonds is 4. The molecule has 2 aromatic rings. The van der Waals surface area contributed by atoms with Crippen molar-refractivity contribution in [1.29, 1.82) is 0 Å². The molecule has 0 amide bonds. The van der Waals surface area contributed by atoms with Gasteiger partial charge in [-0.2, -0.15) is 5.10 Å². The fourth-order valence-electron chi connectivity index (χ4n) is 1.66. The lowest BCUT2D eigenvalue weighted by atomic mass is 10.2. The Balaban J connectivity index is 2.15. The molecule has 6 heteroatoms. The summed E-state index contributed by atoms with van der Waals surface area (Å²) in [5.74, 6) is -0.789. The fraction of sp³-hybridized carbons (Fsp3) is 0.231. The molecule has 1 aromatic carbocycles. The van der Waals surface area contributed by atoms with Crippen LogP contribution in [0.25, 0.3) is 0 Å². The monoisotopic (exact) mass is 263 g/mol. The van der Waals surface area contributed by atoms with Gasteiger partial charge in [-0.05, 0) is 30.7 Å². The van der Waals surface area contributed by atoms with Gasteiger partial charge in [0.15, 0.2) is 0 Å². The summed E-state index contributed by atoms with van der Waals surface area (Å²) in [6, 6.07) is 4.15. The largest absolute Gasteiger partial charge is 0.462 e. The summed E-state index contributed by atoms with van der Waals surface area (Å²) in [7, 11) is 0. The number of carbonyl (C=O) groups excluding carboxylic acids is 1. The van der Waals surface area contributed by atoms with Crippen molar-refractivity contribution in [3.8, 4) is 0 Å². The highest BCUT2D eigenvalue weighted by Gasteiger charge is 2.10. The van der Waals surface area contributed by atoms with E-state index in [0.717, 1.165) is 0 Å². The third-order valence-electron chi connectivity index (χ3n) is 2.58. The number of esters is 1. The first-order valence-electron chi connectivity index (χ1n) is 5.83. The number of hydrogen-bond donors (Lipinski definition) is 1. The second-order valence-electron chi connectivity index (χ2n) is 3.99. The number of ether oxygens (including phenoxy) is 1. The minimum Gasteiger partial charge on any atom is -0.462 e. The average Bonchev–Trinajstić information content (AvgIpc) is 2.83. The van der Waals surface area contributed by atoms with Crippen LogP contribution < -0.4 is 5.73 Å². The van der Waals surface area contributed by atoms with Crippen LogP contribution in [0, 0.1) is 5.82 Å². The molecule has 19 heavy (non-hydrogen) atoms. The third-order valence-corrected chi connectivity index (χ3v) is 2.58. The van der Waals surface area contributed by atoms with Crippen molar-refractivity contribution < 1.29 is 13.9 Å². The van der Waals surface area contributed by atoms with Gasteiger partial charge in [0.2, 0.25) is 0 Å². The molecule has 0 bridgehead atoms.